The van der Waals surface area contributed by atoms with Gasteiger partial charge in [-0.2, -0.15) is 0 Å². The van der Waals surface area contributed by atoms with Crippen molar-refractivity contribution in [1.82, 2.24) is 30.9 Å². The summed E-state index contributed by atoms with van der Waals surface area (Å²) in [6, 6.07) is 0. The van der Waals surface area contributed by atoms with Crippen LogP contribution in [0.1, 0.15) is 32.4 Å². The molecule has 0 unspecified atom stereocenters. The first kappa shape index (κ1) is 20.5. The molecule has 0 aliphatic heterocycles. The van der Waals surface area contributed by atoms with E-state index in [0.29, 0.717) is 0 Å². The molecule has 0 fully saturated rings. The van der Waals surface area contributed by atoms with E-state index in [1.54, 1.807) is 0 Å². The van der Waals surface area contributed by atoms with Crippen molar-refractivity contribution in [1.29, 1.82) is 0 Å². The smallest absolute Gasteiger partial charge is 0.347 e. The van der Waals surface area contributed by atoms with Gasteiger partial charge in [0.1, 0.15) is 0 Å². The SMILES string of the molecule is Cc1noc2cnc(C(=O)NC(NC(=O)c3ncc4onc(C)c4c3O)C(=O)O)c(O)c12. The number of carboxylic acid groups (broad SMARTS) is 1. The van der Waals surface area contributed by atoms with Crippen molar-refractivity contribution < 1.29 is 38.7 Å². The summed E-state index contributed by atoms with van der Waals surface area (Å²) in [5.41, 5.74) is -0.184. The zero-order valence-corrected chi connectivity index (χ0v) is 16.4. The Morgan fingerprint density at radius 1 is 0.844 bits per heavy atom. The van der Waals surface area contributed by atoms with Crippen LogP contribution in [0.5, 0.6) is 11.5 Å². The molecule has 0 aliphatic carbocycles. The van der Waals surface area contributed by atoms with Gasteiger partial charge in [0.05, 0.1) is 34.6 Å². The summed E-state index contributed by atoms with van der Waals surface area (Å²) < 4.78 is 9.86. The number of aryl methyl sites for hydroxylation is 2. The van der Waals surface area contributed by atoms with Crippen molar-refractivity contribution >= 4 is 39.7 Å². The van der Waals surface area contributed by atoms with Crippen molar-refractivity contribution in [2.75, 3.05) is 0 Å². The fourth-order valence-corrected chi connectivity index (χ4v) is 3.02. The van der Waals surface area contributed by atoms with Crippen molar-refractivity contribution in [3.63, 3.8) is 0 Å². The highest BCUT2D eigenvalue weighted by Gasteiger charge is 2.29. The lowest BCUT2D eigenvalue weighted by atomic mass is 10.2. The van der Waals surface area contributed by atoms with Crippen LogP contribution >= 0.6 is 0 Å². The van der Waals surface area contributed by atoms with E-state index in [9.17, 15) is 29.7 Å². The lowest BCUT2D eigenvalue weighted by Crippen LogP contribution is -2.53. The number of fused-ring (bicyclic) bond motifs is 2. The molecular weight excluding hydrogens is 428 g/mol. The monoisotopic (exact) mass is 442 g/mol. The number of pyridine rings is 2. The molecule has 4 aromatic rings. The van der Waals surface area contributed by atoms with Gasteiger partial charge in [-0.15, -0.1) is 0 Å². The molecule has 0 radical (unpaired) electrons. The molecule has 32 heavy (non-hydrogen) atoms. The van der Waals surface area contributed by atoms with Crippen LogP contribution in [-0.2, 0) is 4.79 Å². The standard InChI is InChI=1S/C18H14N6O8/c1-5-9-7(31-23-5)3-19-11(13(9)25)16(27)21-15(18(29)30)22-17(28)12-14(26)10-6(2)24-32-8(10)4-20-12/h3-4,15,25-26H,1-2H3,(H,21,27)(H,22,28)(H,29,30). The maximum Gasteiger partial charge on any atom is 0.347 e. The number of nitrogens with one attached hydrogen (secondary N) is 2. The van der Waals surface area contributed by atoms with Crippen molar-refractivity contribution in [2.24, 2.45) is 0 Å². The van der Waals surface area contributed by atoms with Crippen LogP contribution in [0.2, 0.25) is 0 Å². The van der Waals surface area contributed by atoms with Gasteiger partial charge in [-0.05, 0) is 13.8 Å². The molecule has 0 saturated carbocycles. The third-order valence-corrected chi connectivity index (χ3v) is 4.55. The second-order valence-corrected chi connectivity index (χ2v) is 6.64. The molecule has 0 saturated heterocycles. The molecule has 0 bridgehead atoms. The fraction of sp³-hybridized carbons (Fsp3) is 0.167. The van der Waals surface area contributed by atoms with E-state index in [4.69, 9.17) is 9.05 Å². The number of carboxylic acids is 1. The summed E-state index contributed by atoms with van der Waals surface area (Å²) >= 11 is 0. The van der Waals surface area contributed by atoms with E-state index < -0.39 is 46.8 Å². The highest BCUT2D eigenvalue weighted by atomic mass is 16.5. The Kier molecular flexibility index (Phi) is 4.81. The Morgan fingerprint density at radius 2 is 1.25 bits per heavy atom. The molecule has 4 heterocycles. The van der Waals surface area contributed by atoms with Crippen LogP contribution in [0.25, 0.3) is 21.9 Å². The topological polar surface area (TPSA) is 214 Å². The highest BCUT2D eigenvalue weighted by molar-refractivity contribution is 6.04. The third kappa shape index (κ3) is 3.28. The van der Waals surface area contributed by atoms with Gasteiger partial charge in [-0.3, -0.25) is 9.59 Å². The van der Waals surface area contributed by atoms with Gasteiger partial charge in [0.15, 0.2) is 34.1 Å². The van der Waals surface area contributed by atoms with E-state index in [0.717, 1.165) is 12.4 Å². The number of aromatic hydroxyl groups is 2. The first-order chi connectivity index (χ1) is 15.2. The number of carbonyl (C=O) groups is 3. The van der Waals surface area contributed by atoms with E-state index in [1.165, 1.54) is 13.8 Å². The third-order valence-electron chi connectivity index (χ3n) is 4.55. The maximum absolute atomic E-state index is 12.5. The summed E-state index contributed by atoms with van der Waals surface area (Å²) in [4.78, 5) is 44.2. The molecule has 5 N–H and O–H groups in total. The molecule has 0 spiro atoms. The second kappa shape index (κ2) is 7.50. The minimum absolute atomic E-state index is 0.126. The minimum atomic E-state index is -1.95. The summed E-state index contributed by atoms with van der Waals surface area (Å²) in [5, 5.41) is 41.7. The predicted octanol–water partition coefficient (Wildman–Crippen LogP) is 0.358. The van der Waals surface area contributed by atoms with Crippen LogP contribution in [-0.4, -0.2) is 59.6 Å². The Balaban J connectivity index is 1.59. The Morgan fingerprint density at radius 3 is 1.62 bits per heavy atom. The number of hydrogen-bond donors (Lipinski definition) is 5. The average molecular weight is 442 g/mol. The summed E-state index contributed by atoms with van der Waals surface area (Å²) in [6.45, 7) is 3.06. The maximum atomic E-state index is 12.5. The van der Waals surface area contributed by atoms with Crippen molar-refractivity contribution in [3.8, 4) is 11.5 Å². The molecule has 14 heteroatoms. The lowest BCUT2D eigenvalue weighted by Gasteiger charge is -2.16. The van der Waals surface area contributed by atoms with E-state index in [2.05, 4.69) is 20.3 Å². The predicted molar refractivity (Wildman–Crippen MR) is 103 cm³/mol. The van der Waals surface area contributed by atoms with Gasteiger partial charge in [-0.25, -0.2) is 14.8 Å². The fourth-order valence-electron chi connectivity index (χ4n) is 3.02. The average Bonchev–Trinajstić information content (AvgIpc) is 3.31. The van der Waals surface area contributed by atoms with Gasteiger partial charge in [0, 0.05) is 0 Å². The second-order valence-electron chi connectivity index (χ2n) is 6.64. The van der Waals surface area contributed by atoms with Crippen LogP contribution in [0.4, 0.5) is 0 Å². The van der Waals surface area contributed by atoms with Crippen molar-refractivity contribution in [2.45, 2.75) is 20.0 Å². The summed E-state index contributed by atoms with van der Waals surface area (Å²) in [5.74, 6) is -4.96. The number of rotatable bonds is 5. The molecule has 164 valence electrons. The number of carbonyl (C=O) groups excluding carboxylic acids is 2. The van der Waals surface area contributed by atoms with Crippen LogP contribution in [0, 0.1) is 13.8 Å². The van der Waals surface area contributed by atoms with E-state index in [1.807, 2.05) is 10.6 Å². The Hall–Kier alpha value is -4.75. The largest absolute Gasteiger partial charge is 0.505 e. The molecule has 4 aromatic heterocycles. The van der Waals surface area contributed by atoms with Crippen LogP contribution in [0.3, 0.4) is 0 Å². The van der Waals surface area contributed by atoms with Crippen LogP contribution < -0.4 is 10.6 Å². The van der Waals surface area contributed by atoms with Gasteiger partial charge in [-0.1, -0.05) is 10.3 Å². The molecular formula is C18H14N6O8. The van der Waals surface area contributed by atoms with Crippen LogP contribution in [0.15, 0.2) is 21.4 Å². The van der Waals surface area contributed by atoms with Crippen molar-refractivity contribution in [3.05, 3.63) is 35.2 Å². The normalized spacial score (nSPS) is 11.2. The van der Waals surface area contributed by atoms with Gasteiger partial charge >= 0.3 is 5.97 Å². The molecule has 14 nitrogen and oxygen atoms in total. The Bertz CT molecular complexity index is 1310. The molecule has 0 aromatic carbocycles. The minimum Gasteiger partial charge on any atom is -0.505 e. The van der Waals surface area contributed by atoms with Gasteiger partial charge in [0.25, 0.3) is 11.8 Å². The summed E-state index contributed by atoms with van der Waals surface area (Å²) in [6.07, 6.45) is 0.323. The lowest BCUT2D eigenvalue weighted by molar-refractivity contribution is -0.139. The number of aliphatic carboxylic acids is 1. The van der Waals surface area contributed by atoms with E-state index >= 15 is 0 Å². The Labute approximate surface area is 176 Å². The molecule has 0 atom stereocenters. The quantitative estimate of drug-likeness (QED) is 0.265. The summed E-state index contributed by atoms with van der Waals surface area (Å²) in [7, 11) is 0. The zero-order chi connectivity index (χ0) is 23.2. The number of hydrogen-bond acceptors (Lipinski definition) is 11. The zero-order valence-electron chi connectivity index (χ0n) is 16.4. The number of amides is 2. The molecule has 4 rings (SSSR count). The number of nitrogens with zero attached hydrogens (tertiary/aromatic N) is 4. The molecule has 2 amide bonds. The van der Waals surface area contributed by atoms with E-state index in [-0.39, 0.29) is 33.3 Å². The number of aromatic nitrogens is 4. The highest BCUT2D eigenvalue weighted by Crippen LogP contribution is 2.30. The molecule has 0 aliphatic rings. The first-order valence-corrected chi connectivity index (χ1v) is 8.91. The van der Waals surface area contributed by atoms with Gasteiger partial charge < -0.3 is 35.0 Å². The van der Waals surface area contributed by atoms with Gasteiger partial charge in [0.2, 0.25) is 6.17 Å². The first-order valence-electron chi connectivity index (χ1n) is 8.91.